The maximum Gasteiger partial charge on any atom is 0.338 e. The number of hydrogen-bond acceptors (Lipinski definition) is 6. The summed E-state index contributed by atoms with van der Waals surface area (Å²) in [4.78, 5) is 11.6. The van der Waals surface area contributed by atoms with Crippen LogP contribution >= 0.6 is 0 Å². The van der Waals surface area contributed by atoms with Gasteiger partial charge in [-0.05, 0) is 31.9 Å². The van der Waals surface area contributed by atoms with Crippen LogP contribution in [0, 0.1) is 0 Å². The van der Waals surface area contributed by atoms with Gasteiger partial charge < -0.3 is 25.2 Å². The quantitative estimate of drug-likeness (QED) is 0.464. The van der Waals surface area contributed by atoms with E-state index in [-0.39, 0.29) is 18.3 Å². The molecule has 1 unspecified atom stereocenters. The van der Waals surface area contributed by atoms with Gasteiger partial charge in [0, 0.05) is 6.61 Å². The Kier molecular flexibility index (Phi) is 4.79. The molecule has 0 heterocycles. The van der Waals surface area contributed by atoms with E-state index in [0.717, 1.165) is 12.1 Å². The van der Waals surface area contributed by atoms with Gasteiger partial charge >= 0.3 is 5.97 Å². The minimum Gasteiger partial charge on any atom is -0.504 e. The van der Waals surface area contributed by atoms with Crippen LogP contribution in [0.3, 0.4) is 0 Å². The van der Waals surface area contributed by atoms with Crippen LogP contribution in [-0.2, 0) is 4.74 Å². The lowest BCUT2D eigenvalue weighted by Gasteiger charge is -2.13. The molecule has 0 spiro atoms. The van der Waals surface area contributed by atoms with Gasteiger partial charge in [0.25, 0.3) is 0 Å². The zero-order valence-electron chi connectivity index (χ0n) is 9.96. The molecule has 1 atom stereocenters. The Morgan fingerprint density at radius 3 is 2.33 bits per heavy atom. The third-order valence-corrected chi connectivity index (χ3v) is 2.38. The molecule has 0 fully saturated rings. The number of benzene rings is 1. The number of carbonyl (C=O) groups excluding carboxylic acids is 1. The number of aromatic hydroxyl groups is 3. The van der Waals surface area contributed by atoms with E-state index < -0.39 is 23.2 Å². The Morgan fingerprint density at radius 1 is 1.28 bits per heavy atom. The van der Waals surface area contributed by atoms with Crippen LogP contribution in [0.15, 0.2) is 12.1 Å². The van der Waals surface area contributed by atoms with E-state index in [4.69, 9.17) is 14.9 Å². The summed E-state index contributed by atoms with van der Waals surface area (Å²) >= 11 is 0. The van der Waals surface area contributed by atoms with Gasteiger partial charge in [-0.2, -0.15) is 0 Å². The first-order chi connectivity index (χ1) is 8.45. The van der Waals surface area contributed by atoms with E-state index in [2.05, 4.69) is 0 Å². The van der Waals surface area contributed by atoms with E-state index >= 15 is 0 Å². The third-order valence-electron chi connectivity index (χ3n) is 2.38. The second-order valence-corrected chi connectivity index (χ2v) is 3.94. The summed E-state index contributed by atoms with van der Waals surface area (Å²) in [5, 5.41) is 36.3. The summed E-state index contributed by atoms with van der Waals surface area (Å²) in [6, 6.07) is 2.02. The first-order valence-corrected chi connectivity index (χ1v) is 5.52. The van der Waals surface area contributed by atoms with Gasteiger partial charge in [0.05, 0.1) is 11.7 Å². The number of phenols is 3. The van der Waals surface area contributed by atoms with Crippen molar-refractivity contribution in [1.82, 2.24) is 0 Å². The van der Waals surface area contributed by atoms with Crippen LogP contribution in [0.25, 0.3) is 0 Å². The molecule has 4 N–H and O–H groups in total. The summed E-state index contributed by atoms with van der Waals surface area (Å²) in [7, 11) is 0. The van der Waals surface area contributed by atoms with Gasteiger partial charge in [-0.1, -0.05) is 0 Å². The minimum atomic E-state index is -0.717. The molecule has 0 aliphatic rings. The molecule has 0 aliphatic heterocycles. The molecule has 100 valence electrons. The van der Waals surface area contributed by atoms with E-state index in [1.807, 2.05) is 0 Å². The van der Waals surface area contributed by atoms with Crippen molar-refractivity contribution in [3.05, 3.63) is 17.7 Å². The molecule has 1 aromatic rings. The van der Waals surface area contributed by atoms with Crippen molar-refractivity contribution in [2.75, 3.05) is 6.61 Å². The number of ether oxygens (including phenoxy) is 1. The normalized spacial score (nSPS) is 12.1. The molecule has 0 saturated heterocycles. The Balaban J connectivity index is 2.73. The highest BCUT2D eigenvalue weighted by Gasteiger charge is 2.16. The Morgan fingerprint density at radius 2 is 1.83 bits per heavy atom. The van der Waals surface area contributed by atoms with Gasteiger partial charge in [-0.3, -0.25) is 0 Å². The number of phenolic OH excluding ortho intramolecular Hbond substituents is 3. The molecule has 18 heavy (non-hydrogen) atoms. The lowest BCUT2D eigenvalue weighted by Crippen LogP contribution is -2.15. The minimum absolute atomic E-state index is 0.0165. The van der Waals surface area contributed by atoms with E-state index in [9.17, 15) is 15.0 Å². The fourth-order valence-corrected chi connectivity index (χ4v) is 1.41. The van der Waals surface area contributed by atoms with Gasteiger partial charge in [-0.25, -0.2) is 4.79 Å². The van der Waals surface area contributed by atoms with Crippen LogP contribution in [0.4, 0.5) is 0 Å². The number of aliphatic hydroxyl groups excluding tert-OH is 1. The first kappa shape index (κ1) is 14.1. The van der Waals surface area contributed by atoms with Crippen molar-refractivity contribution in [2.45, 2.75) is 25.9 Å². The molecule has 1 rings (SSSR count). The number of carbonyl (C=O) groups is 1. The standard InChI is InChI=1S/C12H16O6/c1-7(3-2-4-13)18-12(17)8-5-9(14)11(16)10(15)6-8/h5-7,13-16H,2-4H2,1H3. The van der Waals surface area contributed by atoms with Crippen LogP contribution in [0.5, 0.6) is 17.2 Å². The van der Waals surface area contributed by atoms with Crippen LogP contribution in [0.2, 0.25) is 0 Å². The van der Waals surface area contributed by atoms with E-state index in [0.29, 0.717) is 12.8 Å². The number of esters is 1. The van der Waals surface area contributed by atoms with Crippen LogP contribution in [0.1, 0.15) is 30.1 Å². The van der Waals surface area contributed by atoms with Crippen LogP contribution < -0.4 is 0 Å². The summed E-state index contributed by atoms with van der Waals surface area (Å²) < 4.78 is 5.03. The topological polar surface area (TPSA) is 107 Å². The summed E-state index contributed by atoms with van der Waals surface area (Å²) in [6.07, 6.45) is 0.640. The largest absolute Gasteiger partial charge is 0.504 e. The molecule has 0 bridgehead atoms. The molecule has 6 nitrogen and oxygen atoms in total. The molecular weight excluding hydrogens is 240 g/mol. The van der Waals surface area contributed by atoms with E-state index in [1.165, 1.54) is 0 Å². The number of aliphatic hydroxyl groups is 1. The summed E-state index contributed by atoms with van der Waals surface area (Å²) in [5.41, 5.74) is -0.0568. The predicted octanol–water partition coefficient (Wildman–Crippen LogP) is 1.12. The van der Waals surface area contributed by atoms with Crippen molar-refractivity contribution in [2.24, 2.45) is 0 Å². The zero-order chi connectivity index (χ0) is 13.7. The molecule has 0 amide bonds. The van der Waals surface area contributed by atoms with Gasteiger partial charge in [0.1, 0.15) is 0 Å². The van der Waals surface area contributed by atoms with Gasteiger partial charge in [0.15, 0.2) is 17.2 Å². The molecule has 6 heteroatoms. The smallest absolute Gasteiger partial charge is 0.338 e. The first-order valence-electron chi connectivity index (χ1n) is 5.52. The maximum atomic E-state index is 11.6. The maximum absolute atomic E-state index is 11.6. The SMILES string of the molecule is CC(CCCO)OC(=O)c1cc(O)c(O)c(O)c1. The van der Waals surface area contributed by atoms with Crippen molar-refractivity contribution in [1.29, 1.82) is 0 Å². The Bertz CT molecular complexity index is 406. The Hall–Kier alpha value is -1.95. The van der Waals surface area contributed by atoms with Crippen molar-refractivity contribution in [3.8, 4) is 17.2 Å². The molecular formula is C12H16O6. The summed E-state index contributed by atoms with van der Waals surface area (Å²) in [5.74, 6) is -2.58. The van der Waals surface area contributed by atoms with Gasteiger partial charge in [-0.15, -0.1) is 0 Å². The Labute approximate surface area is 104 Å². The highest BCUT2D eigenvalue weighted by Crippen LogP contribution is 2.35. The molecule has 0 saturated carbocycles. The second kappa shape index (κ2) is 6.11. The van der Waals surface area contributed by atoms with E-state index in [1.54, 1.807) is 6.92 Å². The summed E-state index contributed by atoms with van der Waals surface area (Å²) in [6.45, 7) is 1.69. The second-order valence-electron chi connectivity index (χ2n) is 3.94. The highest BCUT2D eigenvalue weighted by atomic mass is 16.5. The highest BCUT2D eigenvalue weighted by molar-refractivity contribution is 5.91. The predicted molar refractivity (Wildman–Crippen MR) is 62.6 cm³/mol. The number of rotatable bonds is 5. The lowest BCUT2D eigenvalue weighted by atomic mass is 10.1. The molecule has 0 aromatic heterocycles. The third kappa shape index (κ3) is 3.53. The monoisotopic (exact) mass is 256 g/mol. The van der Waals surface area contributed by atoms with Gasteiger partial charge in [0.2, 0.25) is 0 Å². The zero-order valence-corrected chi connectivity index (χ0v) is 9.96. The lowest BCUT2D eigenvalue weighted by molar-refractivity contribution is 0.0309. The molecule has 1 aromatic carbocycles. The molecule has 0 aliphatic carbocycles. The average Bonchev–Trinajstić information content (AvgIpc) is 2.32. The fourth-order valence-electron chi connectivity index (χ4n) is 1.41. The van der Waals surface area contributed by atoms with Crippen molar-refractivity contribution >= 4 is 5.97 Å². The van der Waals surface area contributed by atoms with Crippen molar-refractivity contribution < 1.29 is 30.0 Å². The molecule has 0 radical (unpaired) electrons. The van der Waals surface area contributed by atoms with Crippen molar-refractivity contribution in [3.63, 3.8) is 0 Å². The number of hydrogen-bond donors (Lipinski definition) is 4. The van der Waals surface area contributed by atoms with Crippen LogP contribution in [-0.4, -0.2) is 39.1 Å². The fraction of sp³-hybridized carbons (Fsp3) is 0.417. The average molecular weight is 256 g/mol.